The van der Waals surface area contributed by atoms with E-state index in [1.807, 2.05) is 24.4 Å². The van der Waals surface area contributed by atoms with Crippen molar-refractivity contribution in [2.24, 2.45) is 11.1 Å². The van der Waals surface area contributed by atoms with Crippen molar-refractivity contribution < 1.29 is 4.79 Å². The molecular weight excluding hydrogens is 300 g/mol. The first-order valence-corrected chi connectivity index (χ1v) is 7.54. The minimum Gasteiger partial charge on any atom is -0.398 e. The van der Waals surface area contributed by atoms with E-state index in [0.717, 1.165) is 16.6 Å². The van der Waals surface area contributed by atoms with Crippen LogP contribution in [0.2, 0.25) is 0 Å². The highest BCUT2D eigenvalue weighted by Crippen LogP contribution is 2.28. The quantitative estimate of drug-likeness (QED) is 0.796. The Hall–Kier alpha value is -3.13. The number of Topliss-reactive ketones (excluding diaryl/α,β-unsaturated/α-hetero) is 1. The summed E-state index contributed by atoms with van der Waals surface area (Å²) in [5, 5.41) is 9.62. The normalized spacial score (nSPS) is 12.5. The first kappa shape index (κ1) is 17.2. The van der Waals surface area contributed by atoms with Gasteiger partial charge in [0.1, 0.15) is 5.65 Å². The van der Waals surface area contributed by atoms with Gasteiger partial charge in [-0.1, -0.05) is 18.7 Å². The van der Waals surface area contributed by atoms with E-state index in [1.54, 1.807) is 38.3 Å². The van der Waals surface area contributed by atoms with E-state index >= 15 is 0 Å². The Morgan fingerprint density at radius 3 is 2.96 bits per heavy atom. The Bertz CT molecular complexity index is 878. The summed E-state index contributed by atoms with van der Waals surface area (Å²) in [6, 6.07) is 5.66. The van der Waals surface area contributed by atoms with Crippen LogP contribution in [0.15, 0.2) is 54.9 Å². The van der Waals surface area contributed by atoms with E-state index in [-0.39, 0.29) is 12.2 Å². The molecule has 2 rings (SSSR count). The predicted molar refractivity (Wildman–Crippen MR) is 95.6 cm³/mol. The highest BCUT2D eigenvalue weighted by Gasteiger charge is 2.28. The predicted octanol–water partition coefficient (Wildman–Crippen LogP) is 3.48. The molecule has 0 radical (unpaired) electrons. The fraction of sp³-hybridized carbons (Fsp3) is 0.211. The number of rotatable bonds is 6. The minimum absolute atomic E-state index is 0.125. The molecular formula is C19H20N4O. The molecule has 0 fully saturated rings. The molecule has 0 aliphatic rings. The molecule has 0 saturated heterocycles. The molecule has 5 heteroatoms. The van der Waals surface area contributed by atoms with Crippen LogP contribution < -0.4 is 5.73 Å². The zero-order valence-corrected chi connectivity index (χ0v) is 13.8. The minimum atomic E-state index is -0.778. The molecule has 0 amide bonds. The van der Waals surface area contributed by atoms with Crippen molar-refractivity contribution in [1.82, 2.24) is 9.97 Å². The first-order chi connectivity index (χ1) is 11.4. The number of nitrogens with zero attached hydrogens (tertiary/aromatic N) is 2. The molecule has 2 heterocycles. The molecule has 122 valence electrons. The van der Waals surface area contributed by atoms with Crippen LogP contribution in [0.4, 0.5) is 0 Å². The summed E-state index contributed by atoms with van der Waals surface area (Å²) in [5.74, 6) is -0.153. The zero-order valence-electron chi connectivity index (χ0n) is 13.8. The molecule has 2 aromatic rings. The van der Waals surface area contributed by atoms with E-state index in [9.17, 15) is 4.79 Å². The van der Waals surface area contributed by atoms with Crippen molar-refractivity contribution in [2.75, 3.05) is 0 Å². The average molecular weight is 320 g/mol. The van der Waals surface area contributed by atoms with Crippen LogP contribution in [0.25, 0.3) is 16.7 Å². The first-order valence-electron chi connectivity index (χ1n) is 7.54. The standard InChI is InChI=1S/C19H20N4O/c1-13(19(2,3)17(24)7-10-20)5-4-6-16(21)14-8-11-22-18-15(14)9-12-23-18/h4-6,8-9,11-12H,1,7,21H2,2-3H3,(H,22,23)/b5-4-,16-6-. The maximum absolute atomic E-state index is 12.0. The zero-order chi connectivity index (χ0) is 17.7. The van der Waals surface area contributed by atoms with Crippen LogP contribution in [-0.2, 0) is 4.79 Å². The summed E-state index contributed by atoms with van der Waals surface area (Å²) in [7, 11) is 0. The van der Waals surface area contributed by atoms with Crippen LogP contribution in [0.5, 0.6) is 0 Å². The van der Waals surface area contributed by atoms with E-state index < -0.39 is 5.41 Å². The van der Waals surface area contributed by atoms with Crippen LogP contribution in [0.3, 0.4) is 0 Å². The molecule has 0 unspecified atom stereocenters. The van der Waals surface area contributed by atoms with Crippen molar-refractivity contribution in [3.8, 4) is 6.07 Å². The Morgan fingerprint density at radius 2 is 2.25 bits per heavy atom. The average Bonchev–Trinajstić information content (AvgIpc) is 3.03. The Labute approximate surface area is 141 Å². The lowest BCUT2D eigenvalue weighted by Crippen LogP contribution is -2.24. The molecule has 2 aromatic heterocycles. The maximum atomic E-state index is 12.0. The largest absolute Gasteiger partial charge is 0.398 e. The van der Waals surface area contributed by atoms with Gasteiger partial charge in [0.25, 0.3) is 0 Å². The van der Waals surface area contributed by atoms with Crippen LogP contribution in [0, 0.1) is 16.7 Å². The summed E-state index contributed by atoms with van der Waals surface area (Å²) in [6.07, 6.45) is 8.66. The third-order valence-corrected chi connectivity index (χ3v) is 4.08. The number of hydrogen-bond donors (Lipinski definition) is 2. The van der Waals surface area contributed by atoms with Crippen LogP contribution >= 0.6 is 0 Å². The van der Waals surface area contributed by atoms with Crippen molar-refractivity contribution >= 4 is 22.5 Å². The van der Waals surface area contributed by atoms with Gasteiger partial charge in [0.15, 0.2) is 5.78 Å². The van der Waals surface area contributed by atoms with Crippen molar-refractivity contribution in [3.05, 3.63) is 60.5 Å². The number of ketones is 1. The Morgan fingerprint density at radius 1 is 1.50 bits per heavy atom. The van der Waals surface area contributed by atoms with E-state index in [0.29, 0.717) is 11.3 Å². The molecule has 0 aromatic carbocycles. The lowest BCUT2D eigenvalue weighted by atomic mass is 9.79. The number of nitriles is 1. The molecule has 0 spiro atoms. The van der Waals surface area contributed by atoms with Crippen molar-refractivity contribution in [1.29, 1.82) is 5.26 Å². The summed E-state index contributed by atoms with van der Waals surface area (Å²) >= 11 is 0. The summed E-state index contributed by atoms with van der Waals surface area (Å²) in [5.41, 5.74) is 8.26. The number of aromatic amines is 1. The maximum Gasteiger partial charge on any atom is 0.156 e. The Balaban J connectivity index is 2.19. The fourth-order valence-electron chi connectivity index (χ4n) is 2.25. The summed E-state index contributed by atoms with van der Waals surface area (Å²) in [4.78, 5) is 19.2. The molecule has 3 N–H and O–H groups in total. The number of H-pyrrole nitrogens is 1. The van der Waals surface area contributed by atoms with Gasteiger partial charge in [-0.3, -0.25) is 4.79 Å². The monoisotopic (exact) mass is 320 g/mol. The van der Waals surface area contributed by atoms with Crippen LogP contribution in [-0.4, -0.2) is 15.8 Å². The number of nitrogens with two attached hydrogens (primary N) is 1. The van der Waals surface area contributed by atoms with Gasteiger partial charge in [0.2, 0.25) is 0 Å². The third-order valence-electron chi connectivity index (χ3n) is 4.08. The van der Waals surface area contributed by atoms with E-state index in [1.165, 1.54) is 0 Å². The molecule has 0 saturated carbocycles. The second-order valence-electron chi connectivity index (χ2n) is 5.99. The fourth-order valence-corrected chi connectivity index (χ4v) is 2.25. The molecule has 24 heavy (non-hydrogen) atoms. The number of fused-ring (bicyclic) bond motifs is 1. The van der Waals surface area contributed by atoms with Gasteiger partial charge in [0, 0.05) is 34.5 Å². The van der Waals surface area contributed by atoms with Gasteiger partial charge in [-0.05, 0) is 37.6 Å². The lowest BCUT2D eigenvalue weighted by molar-refractivity contribution is -0.124. The van der Waals surface area contributed by atoms with Gasteiger partial charge >= 0.3 is 0 Å². The molecule has 0 aliphatic carbocycles. The molecule has 5 nitrogen and oxygen atoms in total. The summed E-state index contributed by atoms with van der Waals surface area (Å²) < 4.78 is 0. The number of aromatic nitrogens is 2. The topological polar surface area (TPSA) is 95.6 Å². The van der Waals surface area contributed by atoms with Crippen molar-refractivity contribution in [3.63, 3.8) is 0 Å². The van der Waals surface area contributed by atoms with Gasteiger partial charge < -0.3 is 10.7 Å². The highest BCUT2D eigenvalue weighted by atomic mass is 16.1. The SMILES string of the molecule is C=C(/C=C\C=C(/N)c1ccnc2[nH]ccc12)C(C)(C)C(=O)CC#N. The van der Waals surface area contributed by atoms with Gasteiger partial charge in [0.05, 0.1) is 12.5 Å². The lowest BCUT2D eigenvalue weighted by Gasteiger charge is -2.22. The second-order valence-corrected chi connectivity index (χ2v) is 5.99. The van der Waals surface area contributed by atoms with Gasteiger partial charge in [-0.25, -0.2) is 4.98 Å². The van der Waals surface area contributed by atoms with Gasteiger partial charge in [-0.2, -0.15) is 5.26 Å². The molecule has 0 bridgehead atoms. The van der Waals surface area contributed by atoms with Crippen molar-refractivity contribution in [2.45, 2.75) is 20.3 Å². The van der Waals surface area contributed by atoms with E-state index in [2.05, 4.69) is 16.5 Å². The Kier molecular flexibility index (Phi) is 5.00. The van der Waals surface area contributed by atoms with E-state index in [4.69, 9.17) is 11.0 Å². The molecule has 0 aliphatic heterocycles. The second kappa shape index (κ2) is 6.97. The number of nitrogens with one attached hydrogen (secondary N) is 1. The number of carbonyl (C=O) groups excluding carboxylic acids is 1. The molecule has 0 atom stereocenters. The number of carbonyl (C=O) groups is 1. The highest BCUT2D eigenvalue weighted by molar-refractivity contribution is 5.90. The number of pyridine rings is 1. The van der Waals surface area contributed by atoms with Crippen LogP contribution in [0.1, 0.15) is 25.8 Å². The summed E-state index contributed by atoms with van der Waals surface area (Å²) in [6.45, 7) is 7.46. The third kappa shape index (κ3) is 3.44. The number of allylic oxidation sites excluding steroid dienone is 4. The number of hydrogen-bond acceptors (Lipinski definition) is 4. The van der Waals surface area contributed by atoms with Gasteiger partial charge in [-0.15, -0.1) is 0 Å². The smallest absolute Gasteiger partial charge is 0.156 e.